The van der Waals surface area contributed by atoms with Gasteiger partial charge in [0.2, 0.25) is 5.91 Å². The van der Waals surface area contributed by atoms with Crippen molar-refractivity contribution < 1.29 is 9.59 Å². The van der Waals surface area contributed by atoms with Crippen LogP contribution in [0.5, 0.6) is 0 Å². The molecule has 1 aliphatic heterocycles. The van der Waals surface area contributed by atoms with Crippen LogP contribution >= 0.6 is 0 Å². The zero-order valence-electron chi connectivity index (χ0n) is 14.0. The van der Waals surface area contributed by atoms with Crippen LogP contribution in [-0.2, 0) is 4.79 Å². The van der Waals surface area contributed by atoms with E-state index in [4.69, 9.17) is 0 Å². The van der Waals surface area contributed by atoms with Crippen LogP contribution in [0.25, 0.3) is 10.9 Å². The highest BCUT2D eigenvalue weighted by Gasteiger charge is 2.29. The number of fused-ring (bicyclic) bond motifs is 1. The van der Waals surface area contributed by atoms with E-state index in [1.807, 2.05) is 31.3 Å². The van der Waals surface area contributed by atoms with Crippen molar-refractivity contribution in [2.45, 2.75) is 0 Å². The number of pyridine rings is 1. The first-order valence-corrected chi connectivity index (χ1v) is 8.13. The number of rotatable bonds is 2. The van der Waals surface area contributed by atoms with Crippen molar-refractivity contribution in [2.24, 2.45) is 5.92 Å². The topological polar surface area (TPSA) is 65.5 Å². The van der Waals surface area contributed by atoms with Crippen molar-refractivity contribution in [3.8, 4) is 0 Å². The van der Waals surface area contributed by atoms with E-state index >= 15 is 0 Å². The highest BCUT2D eigenvalue weighted by Crippen LogP contribution is 2.19. The van der Waals surface area contributed by atoms with Gasteiger partial charge in [-0.25, -0.2) is 0 Å². The number of likely N-dealkylation sites (N-methyl/N-ethyl adjacent to an activating group) is 1. The van der Waals surface area contributed by atoms with Crippen LogP contribution in [-0.4, -0.2) is 66.9 Å². The first-order valence-electron chi connectivity index (χ1n) is 8.13. The Hall–Kier alpha value is -2.47. The van der Waals surface area contributed by atoms with Gasteiger partial charge < -0.3 is 15.1 Å². The average Bonchev–Trinajstić information content (AvgIpc) is 2.81. The number of benzene rings is 1. The second-order valence-electron chi connectivity index (χ2n) is 6.21. The molecule has 2 amide bonds. The first-order chi connectivity index (χ1) is 11.6. The van der Waals surface area contributed by atoms with E-state index in [-0.39, 0.29) is 17.7 Å². The molecule has 2 aromatic rings. The molecule has 0 saturated carbocycles. The molecule has 6 heteroatoms. The van der Waals surface area contributed by atoms with Gasteiger partial charge in [-0.2, -0.15) is 0 Å². The third-order valence-corrected chi connectivity index (χ3v) is 4.49. The molecular formula is C18H22N4O2. The number of carbonyl (C=O) groups excluding carboxylic acids is 2. The van der Waals surface area contributed by atoms with Crippen molar-refractivity contribution in [2.75, 3.05) is 40.3 Å². The summed E-state index contributed by atoms with van der Waals surface area (Å²) in [6, 6.07) is 9.43. The summed E-state index contributed by atoms with van der Waals surface area (Å²) in [5.74, 6) is -0.324. The maximum Gasteiger partial charge on any atom is 0.256 e. The summed E-state index contributed by atoms with van der Waals surface area (Å²) in [4.78, 5) is 33.4. The van der Waals surface area contributed by atoms with Crippen molar-refractivity contribution >= 4 is 22.7 Å². The lowest BCUT2D eigenvalue weighted by Gasteiger charge is -2.23. The van der Waals surface area contributed by atoms with E-state index in [0.717, 1.165) is 11.9 Å². The molecule has 0 radical (unpaired) electrons. The average molecular weight is 326 g/mol. The number of nitrogens with one attached hydrogen (secondary N) is 1. The Balaban J connectivity index is 1.91. The lowest BCUT2D eigenvalue weighted by Crippen LogP contribution is -2.41. The molecule has 0 bridgehead atoms. The number of para-hydroxylation sites is 1. The number of aromatic nitrogens is 1. The minimum Gasteiger partial charge on any atom is -0.359 e. The maximum absolute atomic E-state index is 13.1. The standard InChI is InChI=1S/C18H22N4O2/c1-19-17(23)14-11-21(2)9-10-22(12-14)18(24)15-7-3-5-13-6-4-8-20-16(13)15/h3-8,14H,9-12H2,1-2H3,(H,19,23)/t14-/m1/s1. The van der Waals surface area contributed by atoms with Gasteiger partial charge in [0.25, 0.3) is 5.91 Å². The predicted molar refractivity (Wildman–Crippen MR) is 92.7 cm³/mol. The smallest absolute Gasteiger partial charge is 0.256 e. The summed E-state index contributed by atoms with van der Waals surface area (Å²) < 4.78 is 0. The van der Waals surface area contributed by atoms with Crippen LogP contribution < -0.4 is 5.32 Å². The molecule has 3 rings (SSSR count). The fourth-order valence-corrected chi connectivity index (χ4v) is 3.18. The van der Waals surface area contributed by atoms with Gasteiger partial charge >= 0.3 is 0 Å². The second-order valence-corrected chi connectivity index (χ2v) is 6.21. The molecule has 0 aliphatic carbocycles. The largest absolute Gasteiger partial charge is 0.359 e. The van der Waals surface area contributed by atoms with Crippen LogP contribution in [0.15, 0.2) is 36.5 Å². The van der Waals surface area contributed by atoms with Gasteiger partial charge in [-0.15, -0.1) is 0 Å². The number of nitrogens with zero attached hydrogens (tertiary/aromatic N) is 3. The molecule has 1 aromatic heterocycles. The quantitative estimate of drug-likeness (QED) is 0.894. The lowest BCUT2D eigenvalue weighted by molar-refractivity contribution is -0.125. The summed E-state index contributed by atoms with van der Waals surface area (Å²) >= 11 is 0. The van der Waals surface area contributed by atoms with Crippen LogP contribution in [0.3, 0.4) is 0 Å². The van der Waals surface area contributed by atoms with Crippen LogP contribution in [0.4, 0.5) is 0 Å². The second kappa shape index (κ2) is 6.97. The predicted octanol–water partition coefficient (Wildman–Crippen LogP) is 0.985. The first kappa shape index (κ1) is 16.4. The van der Waals surface area contributed by atoms with E-state index in [1.54, 1.807) is 24.2 Å². The number of carbonyl (C=O) groups is 2. The van der Waals surface area contributed by atoms with Gasteiger partial charge in [-0.3, -0.25) is 14.6 Å². The summed E-state index contributed by atoms with van der Waals surface area (Å²) in [6.07, 6.45) is 1.70. The molecule has 1 saturated heterocycles. The highest BCUT2D eigenvalue weighted by molar-refractivity contribution is 6.05. The number of hydrogen-bond acceptors (Lipinski definition) is 4. The molecule has 1 aliphatic rings. The molecule has 1 aromatic carbocycles. The van der Waals surface area contributed by atoms with Crippen LogP contribution in [0.2, 0.25) is 0 Å². The molecule has 0 unspecified atom stereocenters. The van der Waals surface area contributed by atoms with Crippen LogP contribution in [0.1, 0.15) is 10.4 Å². The van der Waals surface area contributed by atoms with Gasteiger partial charge in [-0.05, 0) is 19.2 Å². The Morgan fingerprint density at radius 3 is 2.75 bits per heavy atom. The fourth-order valence-electron chi connectivity index (χ4n) is 3.18. The summed E-state index contributed by atoms with van der Waals surface area (Å²) in [5, 5.41) is 3.64. The third kappa shape index (κ3) is 3.23. The monoisotopic (exact) mass is 326 g/mol. The highest BCUT2D eigenvalue weighted by atomic mass is 16.2. The Kier molecular flexibility index (Phi) is 4.76. The van der Waals surface area contributed by atoms with E-state index in [0.29, 0.717) is 30.7 Å². The van der Waals surface area contributed by atoms with E-state index in [1.165, 1.54) is 0 Å². The van der Waals surface area contributed by atoms with E-state index < -0.39 is 0 Å². The van der Waals surface area contributed by atoms with Crippen molar-refractivity contribution in [1.29, 1.82) is 0 Å². The van der Waals surface area contributed by atoms with Crippen molar-refractivity contribution in [1.82, 2.24) is 20.1 Å². The van der Waals surface area contributed by atoms with Gasteiger partial charge in [0.1, 0.15) is 0 Å². The summed E-state index contributed by atoms with van der Waals surface area (Å²) in [5.41, 5.74) is 1.30. The fraction of sp³-hybridized carbons (Fsp3) is 0.389. The Labute approximate surface area is 141 Å². The molecular weight excluding hydrogens is 304 g/mol. The molecule has 24 heavy (non-hydrogen) atoms. The molecule has 0 spiro atoms. The van der Waals surface area contributed by atoms with Crippen molar-refractivity contribution in [3.63, 3.8) is 0 Å². The van der Waals surface area contributed by atoms with Gasteiger partial charge in [0.05, 0.1) is 17.0 Å². The minimum absolute atomic E-state index is 0.0300. The van der Waals surface area contributed by atoms with Crippen molar-refractivity contribution in [3.05, 3.63) is 42.1 Å². The Morgan fingerprint density at radius 1 is 1.17 bits per heavy atom. The van der Waals surface area contributed by atoms with Crippen LogP contribution in [0, 0.1) is 5.92 Å². The lowest BCUT2D eigenvalue weighted by atomic mass is 10.1. The maximum atomic E-state index is 13.1. The molecule has 1 atom stereocenters. The van der Waals surface area contributed by atoms with E-state index in [2.05, 4.69) is 15.2 Å². The molecule has 6 nitrogen and oxygen atoms in total. The summed E-state index contributed by atoms with van der Waals surface area (Å²) in [6.45, 7) is 2.42. The van der Waals surface area contributed by atoms with E-state index in [9.17, 15) is 9.59 Å². The SMILES string of the molecule is CNC(=O)[C@@H]1CN(C)CCN(C(=O)c2cccc3cccnc23)C1. The zero-order valence-corrected chi connectivity index (χ0v) is 14.0. The van der Waals surface area contributed by atoms with Gasteiger partial charge in [0, 0.05) is 44.8 Å². The molecule has 1 N–H and O–H groups in total. The Morgan fingerprint density at radius 2 is 1.96 bits per heavy atom. The minimum atomic E-state index is -0.227. The van der Waals surface area contributed by atoms with Gasteiger partial charge in [0.15, 0.2) is 0 Å². The number of amides is 2. The third-order valence-electron chi connectivity index (χ3n) is 4.49. The zero-order chi connectivity index (χ0) is 17.1. The normalized spacial score (nSPS) is 19.1. The molecule has 1 fully saturated rings. The number of hydrogen-bond donors (Lipinski definition) is 1. The van der Waals surface area contributed by atoms with Gasteiger partial charge in [-0.1, -0.05) is 18.2 Å². The Bertz CT molecular complexity index is 756. The molecule has 126 valence electrons. The molecule has 2 heterocycles. The summed E-state index contributed by atoms with van der Waals surface area (Å²) in [7, 11) is 3.61.